The Bertz CT molecular complexity index is 512. The first-order valence-corrected chi connectivity index (χ1v) is 7.07. The van der Waals surface area contributed by atoms with E-state index in [1.54, 1.807) is 12.1 Å². The maximum absolute atomic E-state index is 12.3. The van der Waals surface area contributed by atoms with E-state index in [0.717, 1.165) is 11.3 Å². The van der Waals surface area contributed by atoms with Crippen molar-refractivity contribution in [2.45, 2.75) is 33.2 Å². The van der Waals surface area contributed by atoms with E-state index < -0.39 is 5.97 Å². The molecule has 0 aliphatic rings. The Morgan fingerprint density at radius 3 is 2.55 bits per heavy atom. The summed E-state index contributed by atoms with van der Waals surface area (Å²) in [6.45, 7) is 4.76. The summed E-state index contributed by atoms with van der Waals surface area (Å²) in [5, 5.41) is 12.1. The van der Waals surface area contributed by atoms with Gasteiger partial charge in [-0.3, -0.25) is 14.4 Å². The number of carbonyl (C=O) groups is 3. The lowest BCUT2D eigenvalue weighted by atomic mass is 10.2. The normalized spacial score (nSPS) is 11.8. The Labute approximate surface area is 121 Å². The molecule has 1 aromatic rings. The summed E-state index contributed by atoms with van der Waals surface area (Å²) >= 11 is 1.14. The fourth-order valence-electron chi connectivity index (χ4n) is 1.63. The van der Waals surface area contributed by atoms with Crippen LogP contribution < -0.4 is 5.32 Å². The number of carbonyl (C=O) groups excluding carboxylic acids is 2. The largest absolute Gasteiger partial charge is 0.480 e. The fourth-order valence-corrected chi connectivity index (χ4v) is 2.54. The number of hydrogen-bond donors (Lipinski definition) is 2. The number of hydrogen-bond acceptors (Lipinski definition) is 4. The Hall–Kier alpha value is -1.89. The molecule has 6 nitrogen and oxygen atoms in total. The van der Waals surface area contributed by atoms with Gasteiger partial charge in [-0.05, 0) is 25.5 Å². The summed E-state index contributed by atoms with van der Waals surface area (Å²) in [5.41, 5.74) is 0. The van der Waals surface area contributed by atoms with Crippen molar-refractivity contribution < 1.29 is 19.5 Å². The topological polar surface area (TPSA) is 86.7 Å². The zero-order chi connectivity index (χ0) is 15.3. The van der Waals surface area contributed by atoms with Crippen LogP contribution in [0.15, 0.2) is 12.1 Å². The van der Waals surface area contributed by atoms with E-state index in [1.165, 1.54) is 11.8 Å². The van der Waals surface area contributed by atoms with Gasteiger partial charge in [0.1, 0.15) is 6.54 Å². The highest BCUT2D eigenvalue weighted by Gasteiger charge is 2.24. The van der Waals surface area contributed by atoms with E-state index >= 15 is 0 Å². The average molecular weight is 298 g/mol. The van der Waals surface area contributed by atoms with Crippen molar-refractivity contribution >= 4 is 34.1 Å². The predicted octanol–water partition coefficient (Wildman–Crippen LogP) is 2.03. The molecule has 1 rings (SSSR count). The van der Waals surface area contributed by atoms with E-state index in [4.69, 9.17) is 5.11 Å². The number of carboxylic acids is 1. The van der Waals surface area contributed by atoms with Gasteiger partial charge in [0, 0.05) is 13.0 Å². The quantitative estimate of drug-likeness (QED) is 0.841. The molecule has 0 saturated heterocycles. The molecule has 20 heavy (non-hydrogen) atoms. The molecule has 1 unspecified atom stereocenters. The van der Waals surface area contributed by atoms with E-state index in [0.29, 0.717) is 16.3 Å². The number of nitrogens with zero attached hydrogens (tertiary/aromatic N) is 1. The number of carboxylic acid groups (broad SMARTS) is 1. The molecule has 0 spiro atoms. The zero-order valence-corrected chi connectivity index (χ0v) is 12.5. The number of aliphatic carboxylic acids is 1. The molecule has 0 aliphatic carbocycles. The SMILES string of the molecule is CCC(C)N(CC(=O)O)C(=O)c1ccc(NC(C)=O)s1. The van der Waals surface area contributed by atoms with Crippen molar-refractivity contribution in [3.8, 4) is 0 Å². The minimum atomic E-state index is -1.04. The second-order valence-electron chi connectivity index (χ2n) is 4.43. The molecular weight excluding hydrogens is 280 g/mol. The predicted molar refractivity (Wildman–Crippen MR) is 77.0 cm³/mol. The van der Waals surface area contributed by atoms with Crippen molar-refractivity contribution in [1.29, 1.82) is 0 Å². The van der Waals surface area contributed by atoms with E-state index in [2.05, 4.69) is 5.32 Å². The van der Waals surface area contributed by atoms with Crippen LogP contribution in [0.1, 0.15) is 36.9 Å². The van der Waals surface area contributed by atoms with Gasteiger partial charge in [-0.25, -0.2) is 0 Å². The molecule has 2 N–H and O–H groups in total. The van der Waals surface area contributed by atoms with E-state index in [9.17, 15) is 14.4 Å². The number of rotatable bonds is 6. The summed E-state index contributed by atoms with van der Waals surface area (Å²) in [5.74, 6) is -1.59. The minimum absolute atomic E-state index is 0.162. The molecule has 1 heterocycles. The van der Waals surface area contributed by atoms with Crippen molar-refractivity contribution in [2.75, 3.05) is 11.9 Å². The van der Waals surface area contributed by atoms with Crippen molar-refractivity contribution in [1.82, 2.24) is 4.90 Å². The number of nitrogens with one attached hydrogen (secondary N) is 1. The van der Waals surface area contributed by atoms with Crippen LogP contribution >= 0.6 is 11.3 Å². The number of anilines is 1. The molecule has 110 valence electrons. The van der Waals surface area contributed by atoms with Crippen LogP contribution in [0.3, 0.4) is 0 Å². The van der Waals surface area contributed by atoms with Crippen LogP contribution in [-0.2, 0) is 9.59 Å². The third-order valence-corrected chi connectivity index (χ3v) is 3.79. The summed E-state index contributed by atoms with van der Waals surface area (Å²) < 4.78 is 0. The molecule has 7 heteroatoms. The van der Waals surface area contributed by atoms with E-state index in [1.807, 2.05) is 13.8 Å². The Morgan fingerprint density at radius 1 is 1.40 bits per heavy atom. The molecule has 0 radical (unpaired) electrons. The van der Waals surface area contributed by atoms with Crippen LogP contribution in [0.2, 0.25) is 0 Å². The standard InChI is InChI=1S/C13H18N2O4S/c1-4-8(2)15(7-12(17)18)13(19)10-5-6-11(20-10)14-9(3)16/h5-6,8H,4,7H2,1-3H3,(H,14,16)(H,17,18). The van der Waals surface area contributed by atoms with Crippen LogP contribution in [0.25, 0.3) is 0 Å². The molecule has 1 aromatic heterocycles. The molecule has 0 bridgehead atoms. The zero-order valence-electron chi connectivity index (χ0n) is 11.7. The van der Waals surface area contributed by atoms with E-state index in [-0.39, 0.29) is 24.4 Å². The lowest BCUT2D eigenvalue weighted by Crippen LogP contribution is -2.41. The molecule has 0 fully saturated rings. The first-order chi connectivity index (χ1) is 9.35. The molecule has 0 aromatic carbocycles. The van der Waals surface area contributed by atoms with Crippen molar-refractivity contribution in [3.05, 3.63) is 17.0 Å². The molecular formula is C13H18N2O4S. The van der Waals surface area contributed by atoms with Crippen molar-refractivity contribution in [2.24, 2.45) is 0 Å². The van der Waals surface area contributed by atoms with Gasteiger partial charge in [0.15, 0.2) is 0 Å². The Morgan fingerprint density at radius 2 is 2.05 bits per heavy atom. The van der Waals surface area contributed by atoms with Gasteiger partial charge in [0.05, 0.1) is 9.88 Å². The fraction of sp³-hybridized carbons (Fsp3) is 0.462. The summed E-state index contributed by atoms with van der Waals surface area (Å²) in [7, 11) is 0. The maximum atomic E-state index is 12.3. The van der Waals surface area contributed by atoms with Gasteiger partial charge in [-0.1, -0.05) is 6.92 Å². The van der Waals surface area contributed by atoms with Crippen LogP contribution in [-0.4, -0.2) is 40.4 Å². The van der Waals surface area contributed by atoms with Gasteiger partial charge in [0.2, 0.25) is 5.91 Å². The smallest absolute Gasteiger partial charge is 0.323 e. The van der Waals surface area contributed by atoms with Gasteiger partial charge >= 0.3 is 5.97 Å². The third-order valence-electron chi connectivity index (χ3n) is 2.81. The molecule has 2 amide bonds. The molecule has 0 saturated carbocycles. The Balaban J connectivity index is 2.91. The first-order valence-electron chi connectivity index (χ1n) is 6.25. The van der Waals surface area contributed by atoms with Gasteiger partial charge in [0.25, 0.3) is 5.91 Å². The highest BCUT2D eigenvalue weighted by atomic mass is 32.1. The number of thiophene rings is 1. The lowest BCUT2D eigenvalue weighted by Gasteiger charge is -2.26. The maximum Gasteiger partial charge on any atom is 0.323 e. The van der Waals surface area contributed by atoms with Gasteiger partial charge < -0.3 is 15.3 Å². The highest BCUT2D eigenvalue weighted by molar-refractivity contribution is 7.18. The average Bonchev–Trinajstić information content (AvgIpc) is 2.81. The highest BCUT2D eigenvalue weighted by Crippen LogP contribution is 2.24. The first kappa shape index (κ1) is 16.2. The Kier molecular flexibility index (Phi) is 5.69. The third kappa shape index (κ3) is 4.34. The molecule has 1 atom stereocenters. The number of amides is 2. The second-order valence-corrected chi connectivity index (χ2v) is 5.51. The second kappa shape index (κ2) is 7.04. The lowest BCUT2D eigenvalue weighted by molar-refractivity contribution is -0.138. The summed E-state index contributed by atoms with van der Waals surface area (Å²) in [6.07, 6.45) is 0.670. The minimum Gasteiger partial charge on any atom is -0.480 e. The monoisotopic (exact) mass is 298 g/mol. The molecule has 0 aliphatic heterocycles. The summed E-state index contributed by atoms with van der Waals surface area (Å²) in [6, 6.07) is 3.06. The van der Waals surface area contributed by atoms with Crippen LogP contribution in [0, 0.1) is 0 Å². The van der Waals surface area contributed by atoms with Crippen LogP contribution in [0.5, 0.6) is 0 Å². The van der Waals surface area contributed by atoms with Crippen LogP contribution in [0.4, 0.5) is 5.00 Å². The van der Waals surface area contributed by atoms with Gasteiger partial charge in [-0.2, -0.15) is 0 Å². The van der Waals surface area contributed by atoms with Gasteiger partial charge in [-0.15, -0.1) is 11.3 Å². The van der Waals surface area contributed by atoms with Crippen molar-refractivity contribution in [3.63, 3.8) is 0 Å². The summed E-state index contributed by atoms with van der Waals surface area (Å²) in [4.78, 5) is 35.9.